The van der Waals surface area contributed by atoms with Crippen LogP contribution in [0.3, 0.4) is 0 Å². The summed E-state index contributed by atoms with van der Waals surface area (Å²) in [5, 5.41) is 0. The molecule has 86 valence electrons. The lowest BCUT2D eigenvalue weighted by Gasteiger charge is -2.20. The molecule has 0 aliphatic heterocycles. The van der Waals surface area contributed by atoms with E-state index in [1.165, 1.54) is 12.0 Å². The van der Waals surface area contributed by atoms with Crippen molar-refractivity contribution in [3.05, 3.63) is 29.8 Å². The molecule has 1 atom stereocenters. The number of hydrogen-bond acceptors (Lipinski definition) is 2. The molecule has 0 radical (unpaired) electrons. The third-order valence-electron chi connectivity index (χ3n) is 3.24. The molecule has 1 unspecified atom stereocenters. The molecule has 1 aliphatic rings. The largest absolute Gasteiger partial charge is 0.497 e. The molecule has 1 fully saturated rings. The molecule has 1 aromatic rings. The molecule has 16 heavy (non-hydrogen) atoms. The van der Waals surface area contributed by atoms with Crippen LogP contribution in [0.2, 0.25) is 0 Å². The molecule has 1 aliphatic carbocycles. The first-order chi connectivity index (χ1) is 7.78. The number of carbonyl (C=O) groups is 1. The molecule has 0 heterocycles. The molecule has 1 saturated carbocycles. The van der Waals surface area contributed by atoms with E-state index in [0.29, 0.717) is 11.7 Å². The van der Waals surface area contributed by atoms with E-state index in [9.17, 15) is 4.79 Å². The van der Waals surface area contributed by atoms with Crippen molar-refractivity contribution in [2.75, 3.05) is 7.11 Å². The molecule has 2 heteroatoms. The first-order valence-electron chi connectivity index (χ1n) is 5.92. The van der Waals surface area contributed by atoms with Crippen molar-refractivity contribution >= 4 is 5.78 Å². The topological polar surface area (TPSA) is 26.3 Å². The van der Waals surface area contributed by atoms with Gasteiger partial charge in [-0.05, 0) is 42.9 Å². The Kier molecular flexibility index (Phi) is 3.60. The fourth-order valence-corrected chi connectivity index (χ4v) is 2.42. The van der Waals surface area contributed by atoms with Crippen LogP contribution >= 0.6 is 0 Å². The van der Waals surface area contributed by atoms with E-state index >= 15 is 0 Å². The van der Waals surface area contributed by atoms with E-state index in [0.717, 1.165) is 31.4 Å². The third-order valence-corrected chi connectivity index (χ3v) is 3.24. The molecular formula is C14H18O2. The Labute approximate surface area is 96.6 Å². The molecule has 0 spiro atoms. The van der Waals surface area contributed by atoms with Crippen LogP contribution in [0.5, 0.6) is 5.75 Å². The molecule has 0 N–H and O–H groups in total. The molecule has 0 saturated heterocycles. The van der Waals surface area contributed by atoms with Gasteiger partial charge in [0, 0.05) is 12.8 Å². The Morgan fingerprint density at radius 3 is 3.06 bits per heavy atom. The van der Waals surface area contributed by atoms with Gasteiger partial charge in [0.25, 0.3) is 0 Å². The van der Waals surface area contributed by atoms with Gasteiger partial charge in [-0.15, -0.1) is 0 Å². The lowest BCUT2D eigenvalue weighted by molar-refractivity contribution is -0.121. The molecule has 0 amide bonds. The highest BCUT2D eigenvalue weighted by atomic mass is 16.5. The Bertz CT molecular complexity index is 371. The summed E-state index contributed by atoms with van der Waals surface area (Å²) in [7, 11) is 1.68. The number of hydrogen-bond donors (Lipinski definition) is 0. The SMILES string of the molecule is COc1cccc(CC2CCCC(=O)C2)c1. The zero-order valence-corrected chi connectivity index (χ0v) is 9.74. The van der Waals surface area contributed by atoms with E-state index in [-0.39, 0.29) is 0 Å². The average Bonchev–Trinajstić information content (AvgIpc) is 2.29. The van der Waals surface area contributed by atoms with Crippen LogP contribution in [-0.4, -0.2) is 12.9 Å². The van der Waals surface area contributed by atoms with Crippen LogP contribution in [-0.2, 0) is 11.2 Å². The summed E-state index contributed by atoms with van der Waals surface area (Å²) in [5.74, 6) is 1.87. The van der Waals surface area contributed by atoms with Crippen molar-refractivity contribution in [3.8, 4) is 5.75 Å². The zero-order valence-electron chi connectivity index (χ0n) is 9.74. The van der Waals surface area contributed by atoms with Crippen LogP contribution in [0.4, 0.5) is 0 Å². The summed E-state index contributed by atoms with van der Waals surface area (Å²) in [6.07, 6.45) is 4.80. The van der Waals surface area contributed by atoms with Gasteiger partial charge in [0.05, 0.1) is 7.11 Å². The van der Waals surface area contributed by atoms with Crippen LogP contribution in [0.25, 0.3) is 0 Å². The summed E-state index contributed by atoms with van der Waals surface area (Å²) in [6.45, 7) is 0. The van der Waals surface area contributed by atoms with Gasteiger partial charge in [-0.1, -0.05) is 12.1 Å². The highest BCUT2D eigenvalue weighted by Crippen LogP contribution is 2.26. The Morgan fingerprint density at radius 2 is 2.31 bits per heavy atom. The standard InChI is InChI=1S/C14H18O2/c1-16-14-7-3-5-12(10-14)8-11-4-2-6-13(15)9-11/h3,5,7,10-11H,2,4,6,8-9H2,1H3. The van der Waals surface area contributed by atoms with Crippen molar-refractivity contribution in [1.82, 2.24) is 0 Å². The number of ketones is 1. The normalized spacial score (nSPS) is 20.8. The fraction of sp³-hybridized carbons (Fsp3) is 0.500. The van der Waals surface area contributed by atoms with Crippen LogP contribution in [0, 0.1) is 5.92 Å². The van der Waals surface area contributed by atoms with Gasteiger partial charge >= 0.3 is 0 Å². The van der Waals surface area contributed by atoms with E-state index < -0.39 is 0 Å². The van der Waals surface area contributed by atoms with Crippen molar-refractivity contribution in [2.24, 2.45) is 5.92 Å². The summed E-state index contributed by atoms with van der Waals surface area (Å²) in [4.78, 5) is 11.4. The van der Waals surface area contributed by atoms with Crippen LogP contribution < -0.4 is 4.74 Å². The smallest absolute Gasteiger partial charge is 0.133 e. The van der Waals surface area contributed by atoms with Gasteiger partial charge in [0.1, 0.15) is 11.5 Å². The Hall–Kier alpha value is -1.31. The minimum absolute atomic E-state index is 0.430. The number of methoxy groups -OCH3 is 1. The highest BCUT2D eigenvalue weighted by Gasteiger charge is 2.19. The van der Waals surface area contributed by atoms with Crippen molar-refractivity contribution < 1.29 is 9.53 Å². The molecule has 2 rings (SSSR count). The lowest BCUT2D eigenvalue weighted by Crippen LogP contribution is -2.16. The van der Waals surface area contributed by atoms with Crippen molar-refractivity contribution in [3.63, 3.8) is 0 Å². The van der Waals surface area contributed by atoms with Gasteiger partial charge < -0.3 is 4.74 Å². The quantitative estimate of drug-likeness (QED) is 0.779. The predicted octanol–water partition coefficient (Wildman–Crippen LogP) is 3.00. The minimum Gasteiger partial charge on any atom is -0.497 e. The van der Waals surface area contributed by atoms with E-state index in [1.807, 2.05) is 12.1 Å². The zero-order chi connectivity index (χ0) is 11.4. The van der Waals surface area contributed by atoms with Gasteiger partial charge in [-0.2, -0.15) is 0 Å². The van der Waals surface area contributed by atoms with E-state index in [1.54, 1.807) is 7.11 Å². The predicted molar refractivity (Wildman–Crippen MR) is 63.7 cm³/mol. The molecule has 2 nitrogen and oxygen atoms in total. The highest BCUT2D eigenvalue weighted by molar-refractivity contribution is 5.79. The van der Waals surface area contributed by atoms with Gasteiger partial charge in [0.2, 0.25) is 0 Å². The lowest BCUT2D eigenvalue weighted by atomic mass is 9.84. The number of rotatable bonds is 3. The first-order valence-corrected chi connectivity index (χ1v) is 5.92. The number of carbonyl (C=O) groups excluding carboxylic acids is 1. The Balaban J connectivity index is 1.99. The summed E-state index contributed by atoms with van der Waals surface area (Å²) in [6, 6.07) is 8.15. The fourth-order valence-electron chi connectivity index (χ4n) is 2.42. The minimum atomic E-state index is 0.430. The summed E-state index contributed by atoms with van der Waals surface area (Å²) < 4.78 is 5.20. The second-order valence-corrected chi connectivity index (χ2v) is 4.56. The number of Topliss-reactive ketones (excluding diaryl/α,β-unsaturated/α-hetero) is 1. The average molecular weight is 218 g/mol. The van der Waals surface area contributed by atoms with Crippen LogP contribution in [0.1, 0.15) is 31.2 Å². The van der Waals surface area contributed by atoms with E-state index in [2.05, 4.69) is 12.1 Å². The molecule has 0 bridgehead atoms. The van der Waals surface area contributed by atoms with Crippen LogP contribution in [0.15, 0.2) is 24.3 Å². The number of benzene rings is 1. The molecular weight excluding hydrogens is 200 g/mol. The van der Waals surface area contributed by atoms with Crippen molar-refractivity contribution in [1.29, 1.82) is 0 Å². The second-order valence-electron chi connectivity index (χ2n) is 4.56. The monoisotopic (exact) mass is 218 g/mol. The maximum atomic E-state index is 11.4. The second kappa shape index (κ2) is 5.15. The molecule has 0 aromatic heterocycles. The maximum absolute atomic E-state index is 11.4. The Morgan fingerprint density at radius 1 is 1.44 bits per heavy atom. The first kappa shape index (κ1) is 11.2. The summed E-state index contributed by atoms with van der Waals surface area (Å²) in [5.41, 5.74) is 1.28. The van der Waals surface area contributed by atoms with Gasteiger partial charge in [-0.25, -0.2) is 0 Å². The van der Waals surface area contributed by atoms with Crippen molar-refractivity contribution in [2.45, 2.75) is 32.1 Å². The number of ether oxygens (including phenoxy) is 1. The van der Waals surface area contributed by atoms with E-state index in [4.69, 9.17) is 4.74 Å². The molecule has 1 aromatic carbocycles. The summed E-state index contributed by atoms with van der Waals surface area (Å²) >= 11 is 0. The third kappa shape index (κ3) is 2.84. The van der Waals surface area contributed by atoms with Gasteiger partial charge in [0.15, 0.2) is 0 Å². The van der Waals surface area contributed by atoms with Gasteiger partial charge in [-0.3, -0.25) is 4.79 Å². The maximum Gasteiger partial charge on any atom is 0.133 e.